The third kappa shape index (κ3) is 6.26. The van der Waals surface area contributed by atoms with Crippen molar-refractivity contribution in [3.63, 3.8) is 0 Å². The third-order valence-corrected chi connectivity index (χ3v) is 5.85. The Kier molecular flexibility index (Phi) is 9.15. The lowest BCUT2D eigenvalue weighted by atomic mass is 9.94. The van der Waals surface area contributed by atoms with E-state index in [1.807, 2.05) is 45.0 Å². The van der Waals surface area contributed by atoms with E-state index in [1.165, 1.54) is 4.90 Å². The molecule has 1 amide bonds. The number of amides is 1. The van der Waals surface area contributed by atoms with Gasteiger partial charge < -0.3 is 24.2 Å². The number of aliphatic hydroxyl groups excluding tert-OH is 1. The first-order valence-electron chi connectivity index (χ1n) is 12.4. The molecule has 1 saturated heterocycles. The summed E-state index contributed by atoms with van der Waals surface area (Å²) in [5.41, 5.74) is 2.05. The molecule has 1 aliphatic heterocycles. The van der Waals surface area contributed by atoms with E-state index in [0.717, 1.165) is 11.3 Å². The average molecular weight is 496 g/mol. The molecular formula is C29H37NO6. The lowest BCUT2D eigenvalue weighted by Gasteiger charge is -2.26. The van der Waals surface area contributed by atoms with Crippen LogP contribution in [0.5, 0.6) is 11.5 Å². The number of carbonyl (C=O) groups excluding carboxylic acids is 2. The molecule has 1 atom stereocenters. The van der Waals surface area contributed by atoms with Gasteiger partial charge in [0.15, 0.2) is 0 Å². The molecule has 1 heterocycles. The van der Waals surface area contributed by atoms with Crippen LogP contribution in [0.25, 0.3) is 5.76 Å². The summed E-state index contributed by atoms with van der Waals surface area (Å²) < 4.78 is 16.9. The molecule has 1 N–H and O–H groups in total. The second-order valence-electron chi connectivity index (χ2n) is 9.76. The summed E-state index contributed by atoms with van der Waals surface area (Å²) in [4.78, 5) is 27.9. The normalized spacial score (nSPS) is 17.3. The quantitative estimate of drug-likeness (QED) is 0.198. The zero-order chi connectivity index (χ0) is 26.4. The molecule has 36 heavy (non-hydrogen) atoms. The Morgan fingerprint density at radius 1 is 1.08 bits per heavy atom. The van der Waals surface area contributed by atoms with Crippen LogP contribution >= 0.6 is 0 Å². The molecule has 1 fully saturated rings. The number of carbonyl (C=O) groups is 2. The summed E-state index contributed by atoms with van der Waals surface area (Å²) in [6.45, 7) is 11.2. The molecular weight excluding hydrogens is 458 g/mol. The Bertz CT molecular complexity index is 1120. The van der Waals surface area contributed by atoms with Gasteiger partial charge in [0.2, 0.25) is 0 Å². The zero-order valence-corrected chi connectivity index (χ0v) is 22.0. The van der Waals surface area contributed by atoms with E-state index in [9.17, 15) is 14.7 Å². The molecule has 0 bridgehead atoms. The van der Waals surface area contributed by atoms with Gasteiger partial charge in [-0.2, -0.15) is 0 Å². The Labute approximate surface area is 213 Å². The Balaban J connectivity index is 2.07. The fourth-order valence-electron chi connectivity index (χ4n) is 4.24. The molecule has 0 aromatic heterocycles. The van der Waals surface area contributed by atoms with Gasteiger partial charge in [-0.1, -0.05) is 26.0 Å². The molecule has 1 aliphatic rings. The largest absolute Gasteiger partial charge is 0.507 e. The van der Waals surface area contributed by atoms with Crippen molar-refractivity contribution in [1.82, 2.24) is 4.90 Å². The average Bonchev–Trinajstić information content (AvgIpc) is 3.07. The molecule has 2 aromatic rings. The van der Waals surface area contributed by atoms with Crippen molar-refractivity contribution in [3.05, 3.63) is 64.7 Å². The first-order chi connectivity index (χ1) is 17.1. The number of hydrogen-bond acceptors (Lipinski definition) is 6. The lowest BCUT2D eigenvalue weighted by molar-refractivity contribution is -0.140. The fourth-order valence-corrected chi connectivity index (χ4v) is 4.24. The Morgan fingerprint density at radius 2 is 1.83 bits per heavy atom. The van der Waals surface area contributed by atoms with Crippen LogP contribution in [-0.2, 0) is 14.3 Å². The summed E-state index contributed by atoms with van der Waals surface area (Å²) in [7, 11) is 1.59. The first-order valence-corrected chi connectivity index (χ1v) is 12.4. The highest BCUT2D eigenvalue weighted by Gasteiger charge is 2.46. The van der Waals surface area contributed by atoms with Crippen LogP contribution in [0.15, 0.2) is 48.0 Å². The SMILES string of the molecule is COCCCN1C(=O)C(=O)/C(=C(/O)c2ccc(OCC(C)C)c(C)c2)C1c1cccc(OC(C)C)c1. The number of Topliss-reactive ketones (excluding diaryl/α,β-unsaturated/α-hetero) is 1. The summed E-state index contributed by atoms with van der Waals surface area (Å²) in [5.74, 6) is 0.176. The highest BCUT2D eigenvalue weighted by Crippen LogP contribution is 2.40. The lowest BCUT2D eigenvalue weighted by Crippen LogP contribution is -2.31. The number of ketones is 1. The number of benzene rings is 2. The van der Waals surface area contributed by atoms with E-state index in [-0.39, 0.29) is 17.4 Å². The van der Waals surface area contributed by atoms with Crippen molar-refractivity contribution in [2.45, 2.75) is 53.2 Å². The van der Waals surface area contributed by atoms with Gasteiger partial charge in [0, 0.05) is 25.8 Å². The van der Waals surface area contributed by atoms with E-state index < -0.39 is 17.7 Å². The maximum absolute atomic E-state index is 13.2. The summed E-state index contributed by atoms with van der Waals surface area (Å²) >= 11 is 0. The minimum Gasteiger partial charge on any atom is -0.507 e. The minimum atomic E-state index is -0.741. The predicted molar refractivity (Wildman–Crippen MR) is 139 cm³/mol. The van der Waals surface area contributed by atoms with Gasteiger partial charge in [0.25, 0.3) is 11.7 Å². The fraction of sp³-hybridized carbons (Fsp3) is 0.448. The van der Waals surface area contributed by atoms with Crippen molar-refractivity contribution in [2.75, 3.05) is 26.9 Å². The molecule has 2 aromatic carbocycles. The second-order valence-corrected chi connectivity index (χ2v) is 9.76. The number of likely N-dealkylation sites (tertiary alicyclic amines) is 1. The molecule has 194 valence electrons. The molecule has 7 nitrogen and oxygen atoms in total. The molecule has 0 radical (unpaired) electrons. The smallest absolute Gasteiger partial charge is 0.295 e. The number of ether oxygens (including phenoxy) is 3. The maximum atomic E-state index is 13.2. The summed E-state index contributed by atoms with van der Waals surface area (Å²) in [5, 5.41) is 11.4. The predicted octanol–water partition coefficient (Wildman–Crippen LogP) is 5.28. The van der Waals surface area contributed by atoms with E-state index >= 15 is 0 Å². The van der Waals surface area contributed by atoms with Gasteiger partial charge >= 0.3 is 0 Å². The van der Waals surface area contributed by atoms with Crippen molar-refractivity contribution in [3.8, 4) is 11.5 Å². The van der Waals surface area contributed by atoms with Gasteiger partial charge in [-0.05, 0) is 74.6 Å². The molecule has 3 rings (SSSR count). The van der Waals surface area contributed by atoms with Crippen LogP contribution < -0.4 is 9.47 Å². The zero-order valence-electron chi connectivity index (χ0n) is 22.0. The molecule has 0 aliphatic carbocycles. The first kappa shape index (κ1) is 27.3. The molecule has 1 unspecified atom stereocenters. The third-order valence-electron chi connectivity index (χ3n) is 5.85. The van der Waals surface area contributed by atoms with Crippen LogP contribution in [0.4, 0.5) is 0 Å². The number of methoxy groups -OCH3 is 1. The minimum absolute atomic E-state index is 0.0345. The van der Waals surface area contributed by atoms with Crippen LogP contribution in [-0.4, -0.2) is 54.7 Å². The van der Waals surface area contributed by atoms with Crippen molar-refractivity contribution in [2.24, 2.45) is 5.92 Å². The highest BCUT2D eigenvalue weighted by molar-refractivity contribution is 6.46. The van der Waals surface area contributed by atoms with Crippen LogP contribution in [0.1, 0.15) is 56.8 Å². The number of rotatable bonds is 11. The number of nitrogens with zero attached hydrogens (tertiary/aromatic N) is 1. The summed E-state index contributed by atoms with van der Waals surface area (Å²) in [6, 6.07) is 11.9. The molecule has 7 heteroatoms. The molecule has 0 saturated carbocycles. The Morgan fingerprint density at radius 3 is 2.47 bits per heavy atom. The Hall–Kier alpha value is -3.32. The second kappa shape index (κ2) is 12.1. The number of aliphatic hydroxyl groups is 1. The maximum Gasteiger partial charge on any atom is 0.295 e. The monoisotopic (exact) mass is 495 g/mol. The van der Waals surface area contributed by atoms with Crippen LogP contribution in [0.3, 0.4) is 0 Å². The van der Waals surface area contributed by atoms with E-state index in [1.54, 1.807) is 25.3 Å². The van der Waals surface area contributed by atoms with Crippen LogP contribution in [0, 0.1) is 12.8 Å². The van der Waals surface area contributed by atoms with E-state index in [4.69, 9.17) is 14.2 Å². The number of hydrogen-bond donors (Lipinski definition) is 1. The summed E-state index contributed by atoms with van der Waals surface area (Å²) in [6.07, 6.45) is 0.524. The van der Waals surface area contributed by atoms with Gasteiger partial charge in [-0.25, -0.2) is 0 Å². The van der Waals surface area contributed by atoms with Crippen molar-refractivity contribution >= 4 is 17.4 Å². The van der Waals surface area contributed by atoms with Crippen LogP contribution in [0.2, 0.25) is 0 Å². The topological polar surface area (TPSA) is 85.3 Å². The molecule has 0 spiro atoms. The van der Waals surface area contributed by atoms with Crippen molar-refractivity contribution < 1.29 is 28.9 Å². The van der Waals surface area contributed by atoms with Crippen molar-refractivity contribution in [1.29, 1.82) is 0 Å². The number of aryl methyl sites for hydroxylation is 1. The van der Waals surface area contributed by atoms with Gasteiger partial charge in [0.1, 0.15) is 17.3 Å². The highest BCUT2D eigenvalue weighted by atomic mass is 16.5. The van der Waals surface area contributed by atoms with Gasteiger partial charge in [-0.3, -0.25) is 9.59 Å². The van der Waals surface area contributed by atoms with Gasteiger partial charge in [-0.15, -0.1) is 0 Å². The van der Waals surface area contributed by atoms with E-state index in [2.05, 4.69) is 13.8 Å². The van der Waals surface area contributed by atoms with Gasteiger partial charge in [0.05, 0.1) is 24.3 Å². The standard InChI is InChI=1S/C29H37NO6/c1-18(2)17-35-24-12-11-22(15-20(24)5)27(31)25-26(21-9-7-10-23(16-21)36-19(3)4)30(13-8-14-34-6)29(33)28(25)32/h7,9-12,15-16,18-19,26,31H,8,13-14,17H2,1-6H3/b27-25+. The van der Waals surface area contributed by atoms with E-state index in [0.29, 0.717) is 49.0 Å².